The second-order valence-corrected chi connectivity index (χ2v) is 9.12. The maximum Gasteiger partial charge on any atom is 0.272 e. The van der Waals surface area contributed by atoms with Gasteiger partial charge in [-0.05, 0) is 30.2 Å². The number of hydrogen-bond acceptors (Lipinski definition) is 5. The quantitative estimate of drug-likeness (QED) is 0.546. The first-order valence-electron chi connectivity index (χ1n) is 11.4. The Morgan fingerprint density at radius 2 is 1.63 bits per heavy atom. The van der Waals surface area contributed by atoms with Gasteiger partial charge in [0, 0.05) is 46.0 Å². The van der Waals surface area contributed by atoms with Crippen molar-refractivity contribution in [3.8, 4) is 0 Å². The fourth-order valence-corrected chi connectivity index (χ4v) is 3.99. The van der Waals surface area contributed by atoms with Crippen molar-refractivity contribution >= 4 is 23.4 Å². The Labute approximate surface area is 204 Å². The molecule has 2 aromatic carbocycles. The van der Waals surface area contributed by atoms with Gasteiger partial charge in [-0.2, -0.15) is 5.10 Å². The van der Waals surface area contributed by atoms with E-state index in [-0.39, 0.29) is 35.7 Å². The van der Waals surface area contributed by atoms with E-state index in [2.05, 4.69) is 15.7 Å². The van der Waals surface area contributed by atoms with Crippen LogP contribution < -0.4 is 15.5 Å². The molecule has 9 nitrogen and oxygen atoms in total. The van der Waals surface area contributed by atoms with E-state index in [1.165, 1.54) is 15.6 Å². The Kier molecular flexibility index (Phi) is 6.59. The molecule has 0 saturated heterocycles. The molecule has 0 bridgehead atoms. The number of benzene rings is 2. The number of fused-ring (bicyclic) bond motifs is 1. The van der Waals surface area contributed by atoms with Gasteiger partial charge < -0.3 is 20.4 Å². The molecular weight excluding hydrogens is 444 g/mol. The molecule has 4 rings (SSSR count). The lowest BCUT2D eigenvalue weighted by molar-refractivity contribution is -0.132. The van der Waals surface area contributed by atoms with Crippen LogP contribution in [0.2, 0.25) is 0 Å². The van der Waals surface area contributed by atoms with E-state index < -0.39 is 5.54 Å². The SMILES string of the molecule is CN(C)c1ccc(CNC(=O)c2cc3n(n2)C[C@](C)(C(=O)NCc2ccccc2)N(C)C3=O)cc1. The molecule has 0 saturated carbocycles. The third-order valence-corrected chi connectivity index (χ3v) is 6.43. The van der Waals surface area contributed by atoms with E-state index in [0.717, 1.165) is 16.8 Å². The largest absolute Gasteiger partial charge is 0.378 e. The first kappa shape index (κ1) is 24.0. The van der Waals surface area contributed by atoms with E-state index >= 15 is 0 Å². The van der Waals surface area contributed by atoms with Crippen LogP contribution in [0.4, 0.5) is 5.69 Å². The molecular formula is C26H30N6O3. The van der Waals surface area contributed by atoms with Crippen LogP contribution in [0.5, 0.6) is 0 Å². The summed E-state index contributed by atoms with van der Waals surface area (Å²) in [5, 5.41) is 10.1. The second kappa shape index (κ2) is 9.61. The Hall–Kier alpha value is -4.14. The average molecular weight is 475 g/mol. The van der Waals surface area contributed by atoms with Gasteiger partial charge in [-0.25, -0.2) is 0 Å². The lowest BCUT2D eigenvalue weighted by Crippen LogP contribution is -2.62. The van der Waals surface area contributed by atoms with Crippen molar-refractivity contribution in [3.05, 3.63) is 83.2 Å². The zero-order valence-corrected chi connectivity index (χ0v) is 20.4. The summed E-state index contributed by atoms with van der Waals surface area (Å²) in [6, 6.07) is 18.9. The average Bonchev–Trinajstić information content (AvgIpc) is 3.29. The molecule has 0 radical (unpaired) electrons. The predicted octanol–water partition coefficient (Wildman–Crippen LogP) is 2.04. The smallest absolute Gasteiger partial charge is 0.272 e. The molecule has 1 aliphatic heterocycles. The van der Waals surface area contributed by atoms with Gasteiger partial charge in [0.2, 0.25) is 5.91 Å². The van der Waals surface area contributed by atoms with Crippen LogP contribution in [0, 0.1) is 0 Å². The van der Waals surface area contributed by atoms with E-state index in [0.29, 0.717) is 13.1 Å². The maximum absolute atomic E-state index is 13.1. The Morgan fingerprint density at radius 3 is 2.29 bits per heavy atom. The molecule has 35 heavy (non-hydrogen) atoms. The predicted molar refractivity (Wildman–Crippen MR) is 133 cm³/mol. The minimum atomic E-state index is -1.15. The summed E-state index contributed by atoms with van der Waals surface area (Å²) in [4.78, 5) is 42.3. The molecule has 3 amide bonds. The van der Waals surface area contributed by atoms with E-state index in [4.69, 9.17) is 0 Å². The first-order valence-corrected chi connectivity index (χ1v) is 11.4. The fraction of sp³-hybridized carbons (Fsp3) is 0.308. The minimum absolute atomic E-state index is 0.139. The molecule has 2 N–H and O–H groups in total. The second-order valence-electron chi connectivity index (χ2n) is 9.12. The number of nitrogens with one attached hydrogen (secondary N) is 2. The van der Waals surface area contributed by atoms with E-state index in [1.807, 2.05) is 73.6 Å². The maximum atomic E-state index is 13.1. The van der Waals surface area contributed by atoms with Crippen LogP contribution in [-0.2, 0) is 24.4 Å². The molecule has 0 unspecified atom stereocenters. The summed E-state index contributed by atoms with van der Waals surface area (Å²) in [5.74, 6) is -1.03. The molecule has 9 heteroatoms. The molecule has 1 atom stereocenters. The lowest BCUT2D eigenvalue weighted by atomic mass is 9.96. The van der Waals surface area contributed by atoms with E-state index in [1.54, 1.807) is 14.0 Å². The van der Waals surface area contributed by atoms with Gasteiger partial charge in [-0.1, -0.05) is 42.5 Å². The van der Waals surface area contributed by atoms with Gasteiger partial charge in [-0.15, -0.1) is 0 Å². The highest BCUT2D eigenvalue weighted by atomic mass is 16.2. The van der Waals surface area contributed by atoms with Crippen LogP contribution in [0.3, 0.4) is 0 Å². The van der Waals surface area contributed by atoms with Crippen LogP contribution in [-0.4, -0.2) is 59.1 Å². The number of anilines is 1. The molecule has 0 spiro atoms. The molecule has 2 heterocycles. The van der Waals surface area contributed by atoms with Crippen LogP contribution in [0.1, 0.15) is 39.0 Å². The normalized spacial score (nSPS) is 17.0. The van der Waals surface area contributed by atoms with Crippen molar-refractivity contribution in [3.63, 3.8) is 0 Å². The van der Waals surface area contributed by atoms with Crippen molar-refractivity contribution in [1.82, 2.24) is 25.3 Å². The number of hydrogen-bond donors (Lipinski definition) is 2. The standard InChI is InChI=1S/C26H30N6O3/c1-26(25(35)28-16-18-8-6-5-7-9-18)17-32-22(24(34)31(26)4)14-21(29-32)23(33)27-15-19-10-12-20(13-11-19)30(2)3/h5-14H,15-17H2,1-4H3,(H,27,33)(H,28,35)/t26-/m1/s1. The van der Waals surface area contributed by atoms with Crippen LogP contribution in [0.25, 0.3) is 0 Å². The minimum Gasteiger partial charge on any atom is -0.378 e. The van der Waals surface area contributed by atoms with Crippen molar-refractivity contribution in [2.75, 3.05) is 26.0 Å². The van der Waals surface area contributed by atoms with Gasteiger partial charge in [0.25, 0.3) is 11.8 Å². The zero-order chi connectivity index (χ0) is 25.2. The summed E-state index contributed by atoms with van der Waals surface area (Å²) in [5.41, 5.74) is 2.25. The summed E-state index contributed by atoms with van der Waals surface area (Å²) in [6.45, 7) is 2.53. The highest BCUT2D eigenvalue weighted by Crippen LogP contribution is 2.26. The molecule has 0 fully saturated rings. The van der Waals surface area contributed by atoms with Crippen LogP contribution in [0.15, 0.2) is 60.7 Å². The zero-order valence-electron chi connectivity index (χ0n) is 20.4. The van der Waals surface area contributed by atoms with Gasteiger partial charge in [0.15, 0.2) is 5.69 Å². The first-order chi connectivity index (χ1) is 16.7. The van der Waals surface area contributed by atoms with Crippen LogP contribution >= 0.6 is 0 Å². The van der Waals surface area contributed by atoms with E-state index in [9.17, 15) is 14.4 Å². The third-order valence-electron chi connectivity index (χ3n) is 6.43. The molecule has 1 aliphatic rings. The van der Waals surface area contributed by atoms with Crippen molar-refractivity contribution in [2.24, 2.45) is 0 Å². The van der Waals surface area contributed by atoms with Crippen molar-refractivity contribution in [1.29, 1.82) is 0 Å². The number of nitrogens with zero attached hydrogens (tertiary/aromatic N) is 4. The molecule has 182 valence electrons. The number of amides is 3. The highest BCUT2D eigenvalue weighted by Gasteiger charge is 2.46. The Bertz CT molecular complexity index is 1240. The molecule has 1 aromatic heterocycles. The summed E-state index contributed by atoms with van der Waals surface area (Å²) in [6.07, 6.45) is 0. The molecule has 3 aromatic rings. The van der Waals surface area contributed by atoms with Gasteiger partial charge in [0.1, 0.15) is 11.2 Å². The highest BCUT2D eigenvalue weighted by molar-refractivity contribution is 6.01. The summed E-state index contributed by atoms with van der Waals surface area (Å²) < 4.78 is 1.45. The fourth-order valence-electron chi connectivity index (χ4n) is 3.99. The summed E-state index contributed by atoms with van der Waals surface area (Å²) in [7, 11) is 5.53. The summed E-state index contributed by atoms with van der Waals surface area (Å²) >= 11 is 0. The number of likely N-dealkylation sites (N-methyl/N-ethyl adjacent to an activating group) is 1. The number of carbonyl (C=O) groups is 3. The lowest BCUT2D eigenvalue weighted by Gasteiger charge is -2.40. The van der Waals surface area contributed by atoms with Crippen molar-refractivity contribution < 1.29 is 14.4 Å². The van der Waals surface area contributed by atoms with Crippen molar-refractivity contribution in [2.45, 2.75) is 32.1 Å². The Balaban J connectivity index is 1.44. The number of rotatable bonds is 7. The van der Waals surface area contributed by atoms with Gasteiger partial charge in [-0.3, -0.25) is 19.1 Å². The number of aromatic nitrogens is 2. The Morgan fingerprint density at radius 1 is 1.00 bits per heavy atom. The van der Waals surface area contributed by atoms with Gasteiger partial charge in [0.05, 0.1) is 6.54 Å². The monoisotopic (exact) mass is 474 g/mol. The molecule has 0 aliphatic carbocycles. The topological polar surface area (TPSA) is 99.6 Å². The van der Waals surface area contributed by atoms with Gasteiger partial charge >= 0.3 is 0 Å². The number of carbonyl (C=O) groups excluding carboxylic acids is 3. The third kappa shape index (κ3) is 4.89.